The second-order valence-corrected chi connectivity index (χ2v) is 8.56. The number of carbonyl (C=O) groups excluding carboxylic acids is 1. The molecule has 1 aliphatic heterocycles. The lowest BCUT2D eigenvalue weighted by molar-refractivity contribution is -0.116. The van der Waals surface area contributed by atoms with E-state index in [0.29, 0.717) is 29.0 Å². The van der Waals surface area contributed by atoms with Gasteiger partial charge < -0.3 is 10.2 Å². The van der Waals surface area contributed by atoms with Crippen molar-refractivity contribution in [2.24, 2.45) is 0 Å². The first-order valence-electron chi connectivity index (χ1n) is 10.2. The molecular formula is C21H25N5O3S. The highest BCUT2D eigenvalue weighted by Gasteiger charge is 2.23. The number of fused-ring (bicyclic) bond motifs is 1. The number of amides is 1. The van der Waals surface area contributed by atoms with Crippen molar-refractivity contribution in [3.05, 3.63) is 50.7 Å². The van der Waals surface area contributed by atoms with E-state index in [1.807, 2.05) is 32.0 Å². The Balaban J connectivity index is 1.75. The van der Waals surface area contributed by atoms with E-state index in [2.05, 4.69) is 15.2 Å². The van der Waals surface area contributed by atoms with Gasteiger partial charge in [-0.3, -0.25) is 18.7 Å². The lowest BCUT2D eigenvalue weighted by Gasteiger charge is -2.12. The Morgan fingerprint density at radius 2 is 1.97 bits per heavy atom. The highest BCUT2D eigenvalue weighted by Crippen LogP contribution is 2.28. The summed E-state index contributed by atoms with van der Waals surface area (Å²) in [4.78, 5) is 45.5. The van der Waals surface area contributed by atoms with Gasteiger partial charge in [-0.15, -0.1) is 0 Å². The van der Waals surface area contributed by atoms with Gasteiger partial charge in [-0.25, -0.2) is 9.78 Å². The third-order valence-corrected chi connectivity index (χ3v) is 6.28. The standard InChI is InChI=1S/C21H25N5O3S/c1-3-9-25-19(28)17-18(23-20(30-17)24-10-4-5-11-24)26(21(25)29)13-16(27)22-15-8-6-7-14(2)12-15/h6-8,12H,3-5,9-11,13H2,1-2H3,(H,22,27). The summed E-state index contributed by atoms with van der Waals surface area (Å²) in [6.07, 6.45) is 2.82. The lowest BCUT2D eigenvalue weighted by atomic mass is 10.2. The van der Waals surface area contributed by atoms with Gasteiger partial charge in [-0.05, 0) is 43.9 Å². The van der Waals surface area contributed by atoms with Gasteiger partial charge in [0.2, 0.25) is 5.91 Å². The van der Waals surface area contributed by atoms with Crippen molar-refractivity contribution in [1.82, 2.24) is 14.1 Å². The molecule has 3 aromatic rings. The van der Waals surface area contributed by atoms with Crippen LogP contribution in [0.4, 0.5) is 10.8 Å². The number of hydrogen-bond acceptors (Lipinski definition) is 6. The van der Waals surface area contributed by atoms with Crippen molar-refractivity contribution in [1.29, 1.82) is 0 Å². The topological polar surface area (TPSA) is 89.2 Å². The molecular weight excluding hydrogens is 402 g/mol. The van der Waals surface area contributed by atoms with Crippen LogP contribution in [0.5, 0.6) is 0 Å². The van der Waals surface area contributed by atoms with Crippen molar-refractivity contribution in [2.45, 2.75) is 46.2 Å². The smallest absolute Gasteiger partial charge is 0.333 e. The highest BCUT2D eigenvalue weighted by molar-refractivity contribution is 7.22. The number of benzene rings is 1. The van der Waals surface area contributed by atoms with Gasteiger partial charge >= 0.3 is 5.69 Å². The number of rotatable bonds is 6. The Kier molecular flexibility index (Phi) is 5.72. The summed E-state index contributed by atoms with van der Waals surface area (Å²) in [5.41, 5.74) is 1.17. The van der Waals surface area contributed by atoms with E-state index >= 15 is 0 Å². The second kappa shape index (κ2) is 8.43. The molecule has 30 heavy (non-hydrogen) atoms. The molecule has 1 aromatic carbocycles. The summed E-state index contributed by atoms with van der Waals surface area (Å²) in [5, 5.41) is 3.57. The Morgan fingerprint density at radius 3 is 2.67 bits per heavy atom. The molecule has 8 nitrogen and oxygen atoms in total. The first-order chi connectivity index (χ1) is 14.5. The number of aromatic nitrogens is 3. The molecule has 158 valence electrons. The maximum Gasteiger partial charge on any atom is 0.333 e. The van der Waals surface area contributed by atoms with Crippen LogP contribution in [0.2, 0.25) is 0 Å². The molecule has 0 spiro atoms. The molecule has 3 heterocycles. The summed E-state index contributed by atoms with van der Waals surface area (Å²) < 4.78 is 2.97. The summed E-state index contributed by atoms with van der Waals surface area (Å²) in [6.45, 7) is 5.75. The highest BCUT2D eigenvalue weighted by atomic mass is 32.1. The summed E-state index contributed by atoms with van der Waals surface area (Å²) >= 11 is 1.31. The average molecular weight is 428 g/mol. The van der Waals surface area contributed by atoms with E-state index in [-0.39, 0.29) is 18.0 Å². The minimum Gasteiger partial charge on any atom is -0.348 e. The van der Waals surface area contributed by atoms with Crippen LogP contribution in [0.25, 0.3) is 10.3 Å². The SMILES string of the molecule is CCCn1c(=O)c2sc(N3CCCC3)nc2n(CC(=O)Nc2cccc(C)c2)c1=O. The fourth-order valence-electron chi connectivity index (χ4n) is 3.74. The van der Waals surface area contributed by atoms with Crippen LogP contribution in [-0.4, -0.2) is 33.1 Å². The zero-order valence-corrected chi connectivity index (χ0v) is 18.0. The largest absolute Gasteiger partial charge is 0.348 e. The number of carbonyl (C=O) groups is 1. The monoisotopic (exact) mass is 427 g/mol. The number of aryl methyl sites for hydroxylation is 1. The molecule has 1 amide bonds. The molecule has 0 saturated carbocycles. The van der Waals surface area contributed by atoms with E-state index in [9.17, 15) is 14.4 Å². The minimum atomic E-state index is -0.494. The predicted octanol–water partition coefficient (Wildman–Crippen LogP) is 2.58. The zero-order valence-electron chi connectivity index (χ0n) is 17.2. The number of nitrogens with zero attached hydrogens (tertiary/aromatic N) is 4. The third-order valence-electron chi connectivity index (χ3n) is 5.18. The fraction of sp³-hybridized carbons (Fsp3) is 0.429. The number of nitrogens with one attached hydrogen (secondary N) is 1. The Morgan fingerprint density at radius 1 is 1.20 bits per heavy atom. The van der Waals surface area contributed by atoms with Gasteiger partial charge in [0.1, 0.15) is 11.2 Å². The second-order valence-electron chi connectivity index (χ2n) is 7.59. The average Bonchev–Trinajstić information content (AvgIpc) is 3.38. The first-order valence-corrected chi connectivity index (χ1v) is 11.0. The Bertz CT molecular complexity index is 1200. The quantitative estimate of drug-likeness (QED) is 0.653. The van der Waals surface area contributed by atoms with E-state index in [1.165, 1.54) is 20.5 Å². The van der Waals surface area contributed by atoms with Crippen LogP contribution < -0.4 is 21.5 Å². The van der Waals surface area contributed by atoms with Crippen molar-refractivity contribution in [3.63, 3.8) is 0 Å². The normalized spacial score (nSPS) is 13.9. The summed E-state index contributed by atoms with van der Waals surface area (Å²) in [6, 6.07) is 7.47. The van der Waals surface area contributed by atoms with Crippen LogP contribution in [0.15, 0.2) is 33.9 Å². The minimum absolute atomic E-state index is 0.198. The summed E-state index contributed by atoms with van der Waals surface area (Å²) in [5.74, 6) is -0.332. The molecule has 4 rings (SSSR count). The Labute approximate surface area is 177 Å². The zero-order chi connectivity index (χ0) is 21.3. The van der Waals surface area contributed by atoms with E-state index in [0.717, 1.165) is 36.6 Å². The van der Waals surface area contributed by atoms with Gasteiger partial charge in [0, 0.05) is 25.3 Å². The fourth-order valence-corrected chi connectivity index (χ4v) is 4.81. The molecule has 0 aliphatic carbocycles. The van der Waals surface area contributed by atoms with Gasteiger partial charge in [-0.2, -0.15) is 0 Å². The molecule has 0 unspecified atom stereocenters. The predicted molar refractivity (Wildman–Crippen MR) is 120 cm³/mol. The first kappa shape index (κ1) is 20.3. The van der Waals surface area contributed by atoms with Crippen LogP contribution in [-0.2, 0) is 17.9 Å². The molecule has 1 aliphatic rings. The molecule has 0 atom stereocenters. The van der Waals surface area contributed by atoms with Crippen LogP contribution in [0, 0.1) is 6.92 Å². The van der Waals surface area contributed by atoms with Crippen molar-refractivity contribution in [2.75, 3.05) is 23.3 Å². The molecule has 1 fully saturated rings. The van der Waals surface area contributed by atoms with Crippen LogP contribution in [0.3, 0.4) is 0 Å². The Hall–Kier alpha value is -2.94. The van der Waals surface area contributed by atoms with Crippen LogP contribution >= 0.6 is 11.3 Å². The number of thiazole rings is 1. The van der Waals surface area contributed by atoms with Gasteiger partial charge in [0.05, 0.1) is 0 Å². The van der Waals surface area contributed by atoms with E-state index in [1.54, 1.807) is 6.07 Å². The summed E-state index contributed by atoms with van der Waals surface area (Å²) in [7, 11) is 0. The maximum absolute atomic E-state index is 13.1. The van der Waals surface area contributed by atoms with Crippen molar-refractivity contribution < 1.29 is 4.79 Å². The molecule has 2 aromatic heterocycles. The van der Waals surface area contributed by atoms with Gasteiger partial charge in [-0.1, -0.05) is 30.4 Å². The lowest BCUT2D eigenvalue weighted by Crippen LogP contribution is -2.41. The van der Waals surface area contributed by atoms with Gasteiger partial charge in [0.15, 0.2) is 10.8 Å². The molecule has 0 radical (unpaired) electrons. The van der Waals surface area contributed by atoms with Crippen molar-refractivity contribution in [3.8, 4) is 0 Å². The molecule has 1 N–H and O–H groups in total. The molecule has 9 heteroatoms. The van der Waals surface area contributed by atoms with E-state index in [4.69, 9.17) is 0 Å². The van der Waals surface area contributed by atoms with Crippen LogP contribution in [0.1, 0.15) is 31.7 Å². The maximum atomic E-state index is 13.1. The third kappa shape index (κ3) is 3.89. The number of hydrogen-bond donors (Lipinski definition) is 1. The molecule has 1 saturated heterocycles. The van der Waals surface area contributed by atoms with E-state index < -0.39 is 5.69 Å². The van der Waals surface area contributed by atoms with Crippen molar-refractivity contribution >= 4 is 38.4 Å². The number of anilines is 2. The van der Waals surface area contributed by atoms with Gasteiger partial charge in [0.25, 0.3) is 5.56 Å². The molecule has 0 bridgehead atoms.